The molecule has 0 aromatic heterocycles. The number of methoxy groups -OCH3 is 1. The molecule has 3 N–H and O–H groups in total. The van der Waals surface area contributed by atoms with Gasteiger partial charge in [-0.3, -0.25) is 4.79 Å². The maximum absolute atomic E-state index is 12.2. The molecule has 6 heteroatoms. The van der Waals surface area contributed by atoms with Crippen LogP contribution in [0.4, 0.5) is 11.4 Å². The van der Waals surface area contributed by atoms with Gasteiger partial charge in [-0.2, -0.15) is 5.26 Å². The first-order valence-corrected chi connectivity index (χ1v) is 6.74. The number of phenols is 1. The van der Waals surface area contributed by atoms with Crippen LogP contribution in [0.5, 0.6) is 11.5 Å². The van der Waals surface area contributed by atoms with Gasteiger partial charge >= 0.3 is 0 Å². The SMILES string of the molecule is COc1ccccc1NC(=O)/C(C#N)=C\Nc1cccc(O)c1. The Morgan fingerprint density at radius 3 is 2.74 bits per heavy atom. The smallest absolute Gasteiger partial charge is 0.267 e. The average molecular weight is 309 g/mol. The van der Waals surface area contributed by atoms with E-state index in [1.54, 1.807) is 36.4 Å². The number of anilines is 2. The van der Waals surface area contributed by atoms with Crippen molar-refractivity contribution < 1.29 is 14.6 Å². The van der Waals surface area contributed by atoms with Crippen molar-refractivity contribution in [3.8, 4) is 17.6 Å². The van der Waals surface area contributed by atoms with E-state index in [0.717, 1.165) is 0 Å². The number of hydrogen-bond acceptors (Lipinski definition) is 5. The number of benzene rings is 2. The lowest BCUT2D eigenvalue weighted by atomic mass is 10.2. The molecule has 0 saturated heterocycles. The van der Waals surface area contributed by atoms with Crippen LogP contribution >= 0.6 is 0 Å². The number of para-hydroxylation sites is 2. The summed E-state index contributed by atoms with van der Waals surface area (Å²) in [5, 5.41) is 23.9. The highest BCUT2D eigenvalue weighted by atomic mass is 16.5. The number of amides is 1. The second kappa shape index (κ2) is 7.52. The highest BCUT2D eigenvalue weighted by Crippen LogP contribution is 2.23. The fourth-order valence-corrected chi connectivity index (χ4v) is 1.84. The summed E-state index contributed by atoms with van der Waals surface area (Å²) in [4.78, 5) is 12.2. The lowest BCUT2D eigenvalue weighted by molar-refractivity contribution is -0.112. The summed E-state index contributed by atoms with van der Waals surface area (Å²) >= 11 is 0. The Kier molecular flexibility index (Phi) is 5.21. The fraction of sp³-hybridized carbons (Fsp3) is 0.0588. The molecule has 2 rings (SSSR count). The Hall–Kier alpha value is -3.46. The number of rotatable bonds is 5. The molecule has 23 heavy (non-hydrogen) atoms. The van der Waals surface area contributed by atoms with Crippen molar-refractivity contribution in [3.05, 3.63) is 60.3 Å². The first-order valence-electron chi connectivity index (χ1n) is 6.74. The molecule has 2 aromatic carbocycles. The van der Waals surface area contributed by atoms with E-state index in [4.69, 9.17) is 10.00 Å². The highest BCUT2D eigenvalue weighted by molar-refractivity contribution is 6.07. The Labute approximate surface area is 133 Å². The second-order valence-corrected chi connectivity index (χ2v) is 4.52. The highest BCUT2D eigenvalue weighted by Gasteiger charge is 2.11. The zero-order chi connectivity index (χ0) is 16.7. The van der Waals surface area contributed by atoms with Crippen molar-refractivity contribution in [1.82, 2.24) is 0 Å². The van der Waals surface area contributed by atoms with Crippen molar-refractivity contribution in [2.24, 2.45) is 0 Å². The molecule has 0 fully saturated rings. The molecule has 1 amide bonds. The maximum Gasteiger partial charge on any atom is 0.267 e. The number of carbonyl (C=O) groups excluding carboxylic acids is 1. The molecule has 0 unspecified atom stereocenters. The molecule has 0 atom stereocenters. The van der Waals surface area contributed by atoms with Crippen LogP contribution in [0.3, 0.4) is 0 Å². The van der Waals surface area contributed by atoms with Crippen molar-refractivity contribution in [2.75, 3.05) is 17.7 Å². The summed E-state index contributed by atoms with van der Waals surface area (Å²) in [6.07, 6.45) is 1.28. The standard InChI is InChI=1S/C17H15N3O3/c1-23-16-8-3-2-7-15(16)20-17(22)12(10-18)11-19-13-5-4-6-14(21)9-13/h2-9,11,19,21H,1H3,(H,20,22)/b12-11-. The third kappa shape index (κ3) is 4.25. The molecule has 0 bridgehead atoms. The molecule has 0 spiro atoms. The number of aromatic hydroxyl groups is 1. The molecule has 0 aliphatic carbocycles. The van der Waals surface area contributed by atoms with Gasteiger partial charge in [0.1, 0.15) is 23.1 Å². The minimum Gasteiger partial charge on any atom is -0.508 e. The Morgan fingerprint density at radius 2 is 2.04 bits per heavy atom. The van der Waals surface area contributed by atoms with Gasteiger partial charge in [0.25, 0.3) is 5.91 Å². The third-order valence-electron chi connectivity index (χ3n) is 2.95. The summed E-state index contributed by atoms with van der Waals surface area (Å²) < 4.78 is 5.14. The zero-order valence-corrected chi connectivity index (χ0v) is 12.4. The van der Waals surface area contributed by atoms with Crippen molar-refractivity contribution >= 4 is 17.3 Å². The minimum absolute atomic E-state index is 0.0837. The van der Waals surface area contributed by atoms with Crippen molar-refractivity contribution in [3.63, 3.8) is 0 Å². The average Bonchev–Trinajstić information content (AvgIpc) is 2.56. The largest absolute Gasteiger partial charge is 0.508 e. The first kappa shape index (κ1) is 15.9. The molecule has 0 aliphatic heterocycles. The normalized spacial score (nSPS) is 10.5. The number of phenolic OH excluding ortho intramolecular Hbond substituents is 1. The van der Waals surface area contributed by atoms with E-state index in [1.807, 2.05) is 6.07 Å². The van der Waals surface area contributed by atoms with Crippen LogP contribution in [-0.2, 0) is 4.79 Å². The van der Waals surface area contributed by atoms with Gasteiger partial charge in [0, 0.05) is 18.0 Å². The van der Waals surface area contributed by atoms with Gasteiger partial charge in [-0.15, -0.1) is 0 Å². The molecular formula is C17H15N3O3. The molecule has 0 aliphatic rings. The van der Waals surface area contributed by atoms with Crippen LogP contribution in [0.25, 0.3) is 0 Å². The predicted molar refractivity (Wildman–Crippen MR) is 87.0 cm³/mol. The van der Waals surface area contributed by atoms with Gasteiger partial charge < -0.3 is 20.5 Å². The van der Waals surface area contributed by atoms with Crippen molar-refractivity contribution in [2.45, 2.75) is 0 Å². The number of carbonyl (C=O) groups is 1. The summed E-state index contributed by atoms with van der Waals surface area (Å²) in [7, 11) is 1.50. The summed E-state index contributed by atoms with van der Waals surface area (Å²) in [5.74, 6) is 0.0177. The summed E-state index contributed by atoms with van der Waals surface area (Å²) in [5.41, 5.74) is 0.917. The van der Waals surface area contributed by atoms with Gasteiger partial charge in [-0.05, 0) is 24.3 Å². The second-order valence-electron chi connectivity index (χ2n) is 4.52. The van der Waals surface area contributed by atoms with E-state index in [0.29, 0.717) is 17.1 Å². The number of ether oxygens (including phenoxy) is 1. The van der Waals surface area contributed by atoms with Gasteiger partial charge in [-0.1, -0.05) is 18.2 Å². The molecule has 0 heterocycles. The maximum atomic E-state index is 12.2. The van der Waals surface area contributed by atoms with E-state index >= 15 is 0 Å². The van der Waals surface area contributed by atoms with Gasteiger partial charge in [-0.25, -0.2) is 0 Å². The Balaban J connectivity index is 2.12. The van der Waals surface area contributed by atoms with Gasteiger partial charge in [0.05, 0.1) is 12.8 Å². The number of nitrogens with one attached hydrogen (secondary N) is 2. The number of hydrogen-bond donors (Lipinski definition) is 3. The molecule has 2 aromatic rings. The van der Waals surface area contributed by atoms with Gasteiger partial charge in [0.2, 0.25) is 0 Å². The minimum atomic E-state index is -0.565. The van der Waals surface area contributed by atoms with Crippen LogP contribution in [0.2, 0.25) is 0 Å². The number of nitriles is 1. The molecule has 0 radical (unpaired) electrons. The summed E-state index contributed by atoms with van der Waals surface area (Å²) in [6, 6.07) is 15.1. The van der Waals surface area contributed by atoms with Crippen LogP contribution < -0.4 is 15.4 Å². The van der Waals surface area contributed by atoms with E-state index in [-0.39, 0.29) is 11.3 Å². The van der Waals surface area contributed by atoms with E-state index in [2.05, 4.69) is 10.6 Å². The third-order valence-corrected chi connectivity index (χ3v) is 2.95. The molecule has 0 saturated carbocycles. The first-order chi connectivity index (χ1) is 11.1. The molecule has 6 nitrogen and oxygen atoms in total. The van der Waals surface area contributed by atoms with Crippen LogP contribution in [-0.4, -0.2) is 18.1 Å². The molecular weight excluding hydrogens is 294 g/mol. The Bertz CT molecular complexity index is 779. The van der Waals surface area contributed by atoms with E-state index < -0.39 is 5.91 Å². The topological polar surface area (TPSA) is 94.4 Å². The fourth-order valence-electron chi connectivity index (χ4n) is 1.84. The number of nitrogens with zero attached hydrogens (tertiary/aromatic N) is 1. The van der Waals surface area contributed by atoms with Crippen LogP contribution in [0.1, 0.15) is 0 Å². The van der Waals surface area contributed by atoms with Gasteiger partial charge in [0.15, 0.2) is 0 Å². The zero-order valence-electron chi connectivity index (χ0n) is 12.4. The monoisotopic (exact) mass is 309 g/mol. The molecule has 116 valence electrons. The summed E-state index contributed by atoms with van der Waals surface area (Å²) in [6.45, 7) is 0. The van der Waals surface area contributed by atoms with E-state index in [9.17, 15) is 9.90 Å². The predicted octanol–water partition coefficient (Wildman–Crippen LogP) is 2.86. The van der Waals surface area contributed by atoms with Crippen LogP contribution in [0.15, 0.2) is 60.3 Å². The quantitative estimate of drug-likeness (QED) is 0.583. The van der Waals surface area contributed by atoms with E-state index in [1.165, 1.54) is 25.4 Å². The Morgan fingerprint density at radius 1 is 1.26 bits per heavy atom. The van der Waals surface area contributed by atoms with Crippen LogP contribution in [0, 0.1) is 11.3 Å². The lowest BCUT2D eigenvalue weighted by Gasteiger charge is -2.09. The lowest BCUT2D eigenvalue weighted by Crippen LogP contribution is -2.15. The van der Waals surface area contributed by atoms with Crippen molar-refractivity contribution in [1.29, 1.82) is 5.26 Å².